The number of halogens is 1. The summed E-state index contributed by atoms with van der Waals surface area (Å²) in [6, 6.07) is 9.30. The molecule has 1 fully saturated rings. The molecule has 10 heteroatoms. The fourth-order valence-electron chi connectivity index (χ4n) is 4.14. The normalized spacial score (nSPS) is 14.5. The molecule has 1 N–H and O–H groups in total. The summed E-state index contributed by atoms with van der Waals surface area (Å²) in [6.07, 6.45) is 6.89. The lowest BCUT2D eigenvalue weighted by Gasteiger charge is -2.35. The predicted octanol–water partition coefficient (Wildman–Crippen LogP) is 2.77. The van der Waals surface area contributed by atoms with Crippen LogP contribution in [-0.2, 0) is 7.05 Å². The second-order valence-electron chi connectivity index (χ2n) is 8.21. The molecular weight excluding hydrogens is 435 g/mol. The number of anilines is 2. The summed E-state index contributed by atoms with van der Waals surface area (Å²) in [6.45, 7) is 3.03. The third-order valence-corrected chi connectivity index (χ3v) is 5.96. The van der Waals surface area contributed by atoms with E-state index in [1.165, 1.54) is 0 Å². The Kier molecular flexibility index (Phi) is 6.13. The summed E-state index contributed by atoms with van der Waals surface area (Å²) < 4.78 is 14.5. The Bertz CT molecular complexity index is 1300. The Morgan fingerprint density at radius 1 is 1.06 bits per heavy atom. The van der Waals surface area contributed by atoms with E-state index in [0.29, 0.717) is 25.2 Å². The van der Waals surface area contributed by atoms with Gasteiger partial charge in [-0.15, -0.1) is 0 Å². The van der Waals surface area contributed by atoms with E-state index in [1.54, 1.807) is 35.4 Å². The van der Waals surface area contributed by atoms with Gasteiger partial charge >= 0.3 is 0 Å². The van der Waals surface area contributed by atoms with E-state index in [-0.39, 0.29) is 18.5 Å². The van der Waals surface area contributed by atoms with Gasteiger partial charge in [-0.25, -0.2) is 9.37 Å². The molecule has 0 radical (unpaired) electrons. The smallest absolute Gasteiger partial charge is 0.258 e. The number of aryl methyl sites for hydroxylation is 1. The van der Waals surface area contributed by atoms with Crippen LogP contribution in [0.2, 0.25) is 0 Å². The number of rotatable bonds is 6. The predicted molar refractivity (Wildman–Crippen MR) is 129 cm³/mol. The maximum absolute atomic E-state index is 12.8. The van der Waals surface area contributed by atoms with E-state index in [2.05, 4.69) is 30.2 Å². The molecule has 174 valence electrons. The van der Waals surface area contributed by atoms with Crippen molar-refractivity contribution in [3.05, 3.63) is 60.7 Å². The molecule has 4 aromatic rings. The van der Waals surface area contributed by atoms with Gasteiger partial charge in [-0.2, -0.15) is 10.1 Å². The van der Waals surface area contributed by atoms with Gasteiger partial charge in [0.1, 0.15) is 12.5 Å². The fourth-order valence-corrected chi connectivity index (χ4v) is 4.14. The lowest BCUT2D eigenvalue weighted by atomic mass is 10.1. The molecule has 9 nitrogen and oxygen atoms in total. The third kappa shape index (κ3) is 4.58. The lowest BCUT2D eigenvalue weighted by molar-refractivity contribution is 0.102. The van der Waals surface area contributed by atoms with Gasteiger partial charge < -0.3 is 4.90 Å². The highest BCUT2D eigenvalue weighted by atomic mass is 19.1. The van der Waals surface area contributed by atoms with Crippen LogP contribution in [0.15, 0.2) is 55.1 Å². The maximum atomic E-state index is 12.8. The fraction of sp³-hybridized carbons (Fsp3) is 0.292. The highest BCUT2D eigenvalue weighted by Crippen LogP contribution is 2.30. The van der Waals surface area contributed by atoms with Gasteiger partial charge in [0.25, 0.3) is 5.91 Å². The summed E-state index contributed by atoms with van der Waals surface area (Å²) in [4.78, 5) is 30.4. The van der Waals surface area contributed by atoms with E-state index in [0.717, 1.165) is 40.9 Å². The van der Waals surface area contributed by atoms with Gasteiger partial charge in [-0.3, -0.25) is 24.7 Å². The SMILES string of the molecule is Cn1cc(-c2ccc3c(N4CCN(CCF)CC4)nc(NC(=O)c4ccncc4)nc3c2)cn1. The molecule has 34 heavy (non-hydrogen) atoms. The molecule has 1 saturated heterocycles. The molecular formula is C24H25FN8O. The summed E-state index contributed by atoms with van der Waals surface area (Å²) in [5, 5.41) is 7.99. The van der Waals surface area contributed by atoms with Crippen molar-refractivity contribution >= 4 is 28.6 Å². The van der Waals surface area contributed by atoms with E-state index in [1.807, 2.05) is 31.4 Å². The summed E-state index contributed by atoms with van der Waals surface area (Å²) in [5.74, 6) is 0.690. The quantitative estimate of drug-likeness (QED) is 0.473. The van der Waals surface area contributed by atoms with Crippen molar-refractivity contribution in [2.24, 2.45) is 7.05 Å². The van der Waals surface area contributed by atoms with Crippen molar-refractivity contribution in [1.82, 2.24) is 29.6 Å². The summed E-state index contributed by atoms with van der Waals surface area (Å²) >= 11 is 0. The molecule has 1 aliphatic heterocycles. The highest BCUT2D eigenvalue weighted by Gasteiger charge is 2.22. The number of hydrogen-bond donors (Lipinski definition) is 1. The zero-order chi connectivity index (χ0) is 23.5. The second kappa shape index (κ2) is 9.52. The molecule has 1 amide bonds. The van der Waals surface area contributed by atoms with Gasteiger partial charge in [0.2, 0.25) is 5.95 Å². The molecule has 0 bridgehead atoms. The van der Waals surface area contributed by atoms with Crippen LogP contribution in [0.25, 0.3) is 22.0 Å². The lowest BCUT2D eigenvalue weighted by Crippen LogP contribution is -2.47. The Labute approximate surface area is 196 Å². The summed E-state index contributed by atoms with van der Waals surface area (Å²) in [7, 11) is 1.88. The second-order valence-corrected chi connectivity index (χ2v) is 8.21. The topological polar surface area (TPSA) is 92.1 Å². The van der Waals surface area contributed by atoms with Crippen LogP contribution in [0.5, 0.6) is 0 Å². The zero-order valence-electron chi connectivity index (χ0n) is 18.9. The van der Waals surface area contributed by atoms with Crippen LogP contribution in [0.4, 0.5) is 16.2 Å². The van der Waals surface area contributed by atoms with Gasteiger partial charge in [0.05, 0.1) is 11.7 Å². The average molecular weight is 461 g/mol. The maximum Gasteiger partial charge on any atom is 0.258 e. The average Bonchev–Trinajstić information content (AvgIpc) is 3.31. The molecule has 0 aliphatic carbocycles. The number of alkyl halides is 1. The minimum Gasteiger partial charge on any atom is -0.353 e. The molecule has 3 aromatic heterocycles. The first-order valence-electron chi connectivity index (χ1n) is 11.2. The van der Waals surface area contributed by atoms with Crippen molar-refractivity contribution in [2.75, 3.05) is 49.6 Å². The first kappa shape index (κ1) is 21.9. The molecule has 5 rings (SSSR count). The van der Waals surface area contributed by atoms with E-state index >= 15 is 0 Å². The molecule has 4 heterocycles. The van der Waals surface area contributed by atoms with Crippen molar-refractivity contribution in [3.63, 3.8) is 0 Å². The number of fused-ring (bicyclic) bond motifs is 1. The Balaban J connectivity index is 1.52. The number of carbonyl (C=O) groups excluding carboxylic acids is 1. The zero-order valence-corrected chi connectivity index (χ0v) is 18.9. The van der Waals surface area contributed by atoms with Crippen LogP contribution in [0.3, 0.4) is 0 Å². The number of nitrogens with one attached hydrogen (secondary N) is 1. The molecule has 0 unspecified atom stereocenters. The number of carbonyl (C=O) groups is 1. The van der Waals surface area contributed by atoms with Crippen LogP contribution >= 0.6 is 0 Å². The largest absolute Gasteiger partial charge is 0.353 e. The minimum absolute atomic E-state index is 0.235. The van der Waals surface area contributed by atoms with E-state index in [4.69, 9.17) is 4.98 Å². The molecule has 1 aromatic carbocycles. The van der Waals surface area contributed by atoms with E-state index < -0.39 is 0 Å². The highest BCUT2D eigenvalue weighted by molar-refractivity contribution is 6.04. The summed E-state index contributed by atoms with van der Waals surface area (Å²) in [5.41, 5.74) is 3.16. The molecule has 0 saturated carbocycles. The molecule has 0 atom stereocenters. The van der Waals surface area contributed by atoms with E-state index in [9.17, 15) is 9.18 Å². The third-order valence-electron chi connectivity index (χ3n) is 5.96. The number of piperazine rings is 1. The van der Waals surface area contributed by atoms with Crippen LogP contribution < -0.4 is 10.2 Å². The minimum atomic E-state index is -0.348. The monoisotopic (exact) mass is 460 g/mol. The number of hydrogen-bond acceptors (Lipinski definition) is 7. The standard InChI is InChI=1S/C24H25FN8O/c1-31-16-19(15-27-31)18-2-3-20-21(14-18)28-24(30-23(34)17-4-7-26-8-5-17)29-22(20)33-12-10-32(9-6-25)11-13-33/h2-5,7-8,14-16H,6,9-13H2,1H3,(H,28,29,30,34). The van der Waals surface area contributed by atoms with Crippen molar-refractivity contribution < 1.29 is 9.18 Å². The number of benzene rings is 1. The number of nitrogens with zero attached hydrogens (tertiary/aromatic N) is 7. The van der Waals surface area contributed by atoms with Gasteiger partial charge in [-0.1, -0.05) is 6.07 Å². The first-order valence-corrected chi connectivity index (χ1v) is 11.2. The van der Waals surface area contributed by atoms with Gasteiger partial charge in [0, 0.05) is 74.9 Å². The number of aromatic nitrogens is 5. The van der Waals surface area contributed by atoms with Crippen LogP contribution in [0.1, 0.15) is 10.4 Å². The van der Waals surface area contributed by atoms with Crippen molar-refractivity contribution in [2.45, 2.75) is 0 Å². The van der Waals surface area contributed by atoms with Gasteiger partial charge in [-0.05, 0) is 29.8 Å². The van der Waals surface area contributed by atoms with Crippen molar-refractivity contribution in [1.29, 1.82) is 0 Å². The van der Waals surface area contributed by atoms with Crippen molar-refractivity contribution in [3.8, 4) is 11.1 Å². The number of pyridine rings is 1. The first-order chi connectivity index (χ1) is 16.6. The molecule has 0 spiro atoms. The van der Waals surface area contributed by atoms with Crippen LogP contribution in [0, 0.1) is 0 Å². The molecule has 1 aliphatic rings. The Morgan fingerprint density at radius 2 is 1.85 bits per heavy atom. The number of amides is 1. The van der Waals surface area contributed by atoms with Crippen LogP contribution in [-0.4, -0.2) is 74.9 Å². The Morgan fingerprint density at radius 3 is 2.56 bits per heavy atom. The van der Waals surface area contributed by atoms with Gasteiger partial charge in [0.15, 0.2) is 0 Å². The Hall–Kier alpha value is -3.92.